The molecule has 0 saturated carbocycles. The zero-order valence-electron chi connectivity index (χ0n) is 13.4. The number of rotatable bonds is 4. The Morgan fingerprint density at radius 1 is 1.33 bits per heavy atom. The Labute approximate surface area is 140 Å². The Morgan fingerprint density at radius 2 is 2.04 bits per heavy atom. The fraction of sp³-hybridized carbons (Fsp3) is 0.375. The molecule has 0 spiro atoms. The van der Waals surface area contributed by atoms with E-state index in [1.807, 2.05) is 6.92 Å². The van der Waals surface area contributed by atoms with Gasteiger partial charge in [0.2, 0.25) is 10.0 Å². The van der Waals surface area contributed by atoms with Crippen LogP contribution in [0.2, 0.25) is 0 Å². The van der Waals surface area contributed by atoms with Crippen molar-refractivity contribution in [1.29, 1.82) is 0 Å². The van der Waals surface area contributed by atoms with Crippen LogP contribution in [0.25, 0.3) is 0 Å². The Morgan fingerprint density at radius 3 is 2.71 bits per heavy atom. The maximum absolute atomic E-state index is 12.9. The first-order chi connectivity index (χ1) is 11.3. The lowest BCUT2D eigenvalue weighted by Gasteiger charge is -2.39. The van der Waals surface area contributed by atoms with Crippen LogP contribution < -0.4 is 5.73 Å². The molecular formula is C16H20N4O3S. The standard InChI is InChI=1S/C16H20N4O3S/c1-16(14-13(15(17)21)10-18-19-14)8-5-9-20(11-16)24(22,23)12-6-3-2-4-7-12/h2-4,6-7,10H,5,8-9,11H2,1H3,(H2,17,21)(H,18,19)/t16-/m1/s1. The number of benzene rings is 1. The molecule has 1 amide bonds. The van der Waals surface area contributed by atoms with Crippen molar-refractivity contribution < 1.29 is 13.2 Å². The highest BCUT2D eigenvalue weighted by atomic mass is 32.2. The van der Waals surface area contributed by atoms with Crippen LogP contribution in [0, 0.1) is 0 Å². The molecule has 24 heavy (non-hydrogen) atoms. The molecule has 1 saturated heterocycles. The van der Waals surface area contributed by atoms with E-state index in [0.717, 1.165) is 6.42 Å². The van der Waals surface area contributed by atoms with Crippen LogP contribution in [0.4, 0.5) is 0 Å². The number of H-pyrrole nitrogens is 1. The zero-order chi connectivity index (χ0) is 17.4. The van der Waals surface area contributed by atoms with Gasteiger partial charge in [-0.1, -0.05) is 25.1 Å². The second kappa shape index (κ2) is 6.03. The van der Waals surface area contributed by atoms with Crippen molar-refractivity contribution in [2.24, 2.45) is 5.73 Å². The molecule has 1 aromatic carbocycles. The lowest BCUT2D eigenvalue weighted by molar-refractivity contribution is 0.0996. The van der Waals surface area contributed by atoms with E-state index in [9.17, 15) is 13.2 Å². The molecule has 3 rings (SSSR count). The number of primary amides is 1. The van der Waals surface area contributed by atoms with Crippen molar-refractivity contribution in [3.05, 3.63) is 47.8 Å². The predicted octanol–water partition coefficient (Wildman–Crippen LogP) is 1.25. The van der Waals surface area contributed by atoms with E-state index in [2.05, 4.69) is 10.2 Å². The minimum atomic E-state index is -3.57. The number of hydrogen-bond donors (Lipinski definition) is 2. The van der Waals surface area contributed by atoms with E-state index >= 15 is 0 Å². The van der Waals surface area contributed by atoms with Gasteiger partial charge in [-0.15, -0.1) is 0 Å². The molecule has 1 atom stereocenters. The zero-order valence-corrected chi connectivity index (χ0v) is 14.2. The highest BCUT2D eigenvalue weighted by molar-refractivity contribution is 7.89. The number of nitrogens with zero attached hydrogens (tertiary/aromatic N) is 2. The Kier molecular flexibility index (Phi) is 4.18. The first-order valence-corrected chi connectivity index (χ1v) is 9.17. The van der Waals surface area contributed by atoms with Gasteiger partial charge in [0.05, 0.1) is 22.3 Å². The van der Waals surface area contributed by atoms with Crippen molar-refractivity contribution in [2.45, 2.75) is 30.1 Å². The van der Waals surface area contributed by atoms with Crippen LogP contribution in [-0.4, -0.2) is 41.9 Å². The van der Waals surface area contributed by atoms with Gasteiger partial charge in [0.1, 0.15) is 0 Å². The highest BCUT2D eigenvalue weighted by Crippen LogP contribution is 2.36. The number of nitrogens with two attached hydrogens (primary N) is 1. The van der Waals surface area contributed by atoms with Crippen LogP contribution in [0.15, 0.2) is 41.4 Å². The molecule has 7 nitrogen and oxygen atoms in total. The van der Waals surface area contributed by atoms with Crippen molar-refractivity contribution in [1.82, 2.24) is 14.5 Å². The molecule has 8 heteroatoms. The fourth-order valence-corrected chi connectivity index (χ4v) is 4.90. The maximum atomic E-state index is 12.9. The third-order valence-corrected chi connectivity index (χ3v) is 6.41. The van der Waals surface area contributed by atoms with Crippen molar-refractivity contribution in [3.63, 3.8) is 0 Å². The summed E-state index contributed by atoms with van der Waals surface area (Å²) in [6.45, 7) is 2.65. The summed E-state index contributed by atoms with van der Waals surface area (Å²) in [6, 6.07) is 8.37. The first kappa shape index (κ1) is 16.7. The van der Waals surface area contributed by atoms with Gasteiger partial charge >= 0.3 is 0 Å². The monoisotopic (exact) mass is 348 g/mol. The number of piperidine rings is 1. The van der Waals surface area contributed by atoms with Gasteiger partial charge < -0.3 is 5.73 Å². The second-order valence-electron chi connectivity index (χ2n) is 6.34. The van der Waals surface area contributed by atoms with Gasteiger partial charge in [-0.2, -0.15) is 9.40 Å². The van der Waals surface area contributed by atoms with E-state index in [0.29, 0.717) is 24.2 Å². The van der Waals surface area contributed by atoms with E-state index in [1.54, 1.807) is 30.3 Å². The SMILES string of the molecule is C[C@@]1(c2[nH]ncc2C(N)=O)CCCN(S(=O)(=O)c2ccccc2)C1. The molecule has 1 fully saturated rings. The molecule has 0 aliphatic carbocycles. The van der Waals surface area contributed by atoms with Gasteiger partial charge in [-0.25, -0.2) is 8.42 Å². The van der Waals surface area contributed by atoms with E-state index in [4.69, 9.17) is 5.73 Å². The topological polar surface area (TPSA) is 109 Å². The van der Waals surface area contributed by atoms with Crippen molar-refractivity contribution in [3.8, 4) is 0 Å². The third kappa shape index (κ3) is 2.83. The van der Waals surface area contributed by atoms with Crippen molar-refractivity contribution in [2.75, 3.05) is 13.1 Å². The Hall–Kier alpha value is -2.19. The predicted molar refractivity (Wildman–Crippen MR) is 88.9 cm³/mol. The number of aromatic amines is 1. The summed E-state index contributed by atoms with van der Waals surface area (Å²) in [4.78, 5) is 11.9. The number of hydrogen-bond acceptors (Lipinski definition) is 4. The lowest BCUT2D eigenvalue weighted by atomic mass is 9.78. The van der Waals surface area contributed by atoms with Gasteiger partial charge in [-0.05, 0) is 25.0 Å². The van der Waals surface area contributed by atoms with Gasteiger partial charge in [0, 0.05) is 18.5 Å². The number of carbonyl (C=O) groups excluding carboxylic acids is 1. The third-order valence-electron chi connectivity index (χ3n) is 4.55. The number of carbonyl (C=O) groups is 1. The van der Waals surface area contributed by atoms with E-state index < -0.39 is 21.3 Å². The molecule has 0 radical (unpaired) electrons. The molecule has 1 aliphatic rings. The number of sulfonamides is 1. The molecule has 0 bridgehead atoms. The number of nitrogens with one attached hydrogen (secondary N) is 1. The van der Waals surface area contributed by atoms with Crippen molar-refractivity contribution >= 4 is 15.9 Å². The molecule has 2 heterocycles. The van der Waals surface area contributed by atoms with Gasteiger partial charge in [0.15, 0.2) is 0 Å². The minimum absolute atomic E-state index is 0.271. The normalized spacial score (nSPS) is 22.4. The highest BCUT2D eigenvalue weighted by Gasteiger charge is 2.40. The average Bonchev–Trinajstić information content (AvgIpc) is 3.06. The van der Waals surface area contributed by atoms with E-state index in [1.165, 1.54) is 10.5 Å². The van der Waals surface area contributed by atoms with Gasteiger partial charge in [-0.3, -0.25) is 9.89 Å². The number of amides is 1. The first-order valence-electron chi connectivity index (χ1n) is 7.73. The molecule has 128 valence electrons. The Balaban J connectivity index is 1.94. The summed E-state index contributed by atoms with van der Waals surface area (Å²) in [6.07, 6.45) is 2.84. The van der Waals surface area contributed by atoms with Crippen LogP contribution in [0.3, 0.4) is 0 Å². The Bertz CT molecular complexity index is 847. The second-order valence-corrected chi connectivity index (χ2v) is 8.28. The molecule has 0 unspecified atom stereocenters. The summed E-state index contributed by atoms with van der Waals surface area (Å²) in [5.74, 6) is -0.567. The van der Waals surface area contributed by atoms with Crippen LogP contribution in [0.5, 0.6) is 0 Å². The molecule has 2 aromatic rings. The minimum Gasteiger partial charge on any atom is -0.365 e. The molecular weight excluding hydrogens is 328 g/mol. The summed E-state index contributed by atoms with van der Waals surface area (Å²) in [5, 5.41) is 6.75. The average molecular weight is 348 g/mol. The fourth-order valence-electron chi connectivity index (χ4n) is 3.28. The lowest BCUT2D eigenvalue weighted by Crippen LogP contribution is -2.47. The van der Waals surface area contributed by atoms with Crippen LogP contribution in [-0.2, 0) is 15.4 Å². The summed E-state index contributed by atoms with van der Waals surface area (Å²) >= 11 is 0. The van der Waals surface area contributed by atoms with Gasteiger partial charge in [0.25, 0.3) is 5.91 Å². The summed E-state index contributed by atoms with van der Waals surface area (Å²) < 4.78 is 27.2. The maximum Gasteiger partial charge on any atom is 0.252 e. The largest absolute Gasteiger partial charge is 0.365 e. The number of aromatic nitrogens is 2. The van der Waals surface area contributed by atoms with E-state index in [-0.39, 0.29) is 11.4 Å². The molecule has 3 N–H and O–H groups in total. The summed E-state index contributed by atoms with van der Waals surface area (Å²) in [7, 11) is -3.57. The smallest absolute Gasteiger partial charge is 0.252 e. The molecule has 1 aromatic heterocycles. The summed E-state index contributed by atoms with van der Waals surface area (Å²) in [5.41, 5.74) is 5.78. The quantitative estimate of drug-likeness (QED) is 0.866. The van der Waals surface area contributed by atoms with Crippen LogP contribution >= 0.6 is 0 Å². The molecule has 1 aliphatic heterocycles. The van der Waals surface area contributed by atoms with Crippen LogP contribution in [0.1, 0.15) is 35.8 Å².